The van der Waals surface area contributed by atoms with Crippen LogP contribution in [0.25, 0.3) is 0 Å². The molecule has 0 unspecified atom stereocenters. The smallest absolute Gasteiger partial charge is 0.338 e. The van der Waals surface area contributed by atoms with E-state index >= 15 is 0 Å². The van der Waals surface area contributed by atoms with Crippen molar-refractivity contribution in [2.75, 3.05) is 12.4 Å². The topological polar surface area (TPSA) is 71.0 Å². The first-order chi connectivity index (χ1) is 14.9. The van der Waals surface area contributed by atoms with Gasteiger partial charge in [0.05, 0.1) is 30.8 Å². The molecule has 8 heteroatoms. The van der Waals surface area contributed by atoms with Crippen molar-refractivity contribution in [3.05, 3.63) is 74.1 Å². The van der Waals surface area contributed by atoms with Crippen LogP contribution in [0.15, 0.2) is 62.4 Å². The summed E-state index contributed by atoms with van der Waals surface area (Å²) in [5, 5.41) is 9.66. The van der Waals surface area contributed by atoms with Crippen LogP contribution in [0.5, 0.6) is 0 Å². The molecule has 0 spiro atoms. The number of amides is 1. The summed E-state index contributed by atoms with van der Waals surface area (Å²) in [5.74, 6) is -0.529. The second-order valence-electron chi connectivity index (χ2n) is 7.47. The van der Waals surface area contributed by atoms with Crippen LogP contribution >= 0.6 is 23.1 Å². The standard InChI is InChI=1S/C23H23N3O3S2/c1-13-5-6-17(9-14(13)2)25-19(27)10-18-12-31-23-24-15(3)20(22(28)29-4)21(26(18)23)16-7-8-30-11-16/h5-9,11-12,21H,10H2,1-4H3,(H,25,27)/t21-/m0/s1. The Bertz CT molecular complexity index is 1130. The number of methoxy groups -OCH3 is 1. The number of rotatable bonds is 5. The predicted octanol–water partition coefficient (Wildman–Crippen LogP) is 5.14. The molecule has 6 nitrogen and oxygen atoms in total. The van der Waals surface area contributed by atoms with Crippen molar-refractivity contribution in [3.63, 3.8) is 0 Å². The highest BCUT2D eigenvalue weighted by Crippen LogP contribution is 2.45. The molecule has 4 rings (SSSR count). The minimum Gasteiger partial charge on any atom is -0.466 e. The number of nitrogens with one attached hydrogen (secondary N) is 1. The average Bonchev–Trinajstić information content (AvgIpc) is 3.40. The summed E-state index contributed by atoms with van der Waals surface area (Å²) in [4.78, 5) is 32.1. The zero-order valence-electron chi connectivity index (χ0n) is 17.8. The quantitative estimate of drug-likeness (QED) is 0.635. The van der Waals surface area contributed by atoms with Gasteiger partial charge in [0.2, 0.25) is 5.91 Å². The molecule has 160 valence electrons. The first kappa shape index (κ1) is 21.4. The minimum atomic E-state index is -0.410. The molecule has 2 aliphatic heterocycles. The van der Waals surface area contributed by atoms with Gasteiger partial charge in [0.15, 0.2) is 5.17 Å². The van der Waals surface area contributed by atoms with Gasteiger partial charge in [0, 0.05) is 11.4 Å². The van der Waals surface area contributed by atoms with Crippen LogP contribution in [-0.4, -0.2) is 29.1 Å². The number of carbonyl (C=O) groups is 2. The number of aryl methyl sites for hydroxylation is 2. The van der Waals surface area contributed by atoms with Crippen LogP contribution in [0.1, 0.15) is 36.1 Å². The van der Waals surface area contributed by atoms with E-state index in [1.54, 1.807) is 11.3 Å². The molecule has 1 aromatic heterocycles. The van der Waals surface area contributed by atoms with Gasteiger partial charge in [0.25, 0.3) is 0 Å². The van der Waals surface area contributed by atoms with Crippen molar-refractivity contribution in [2.45, 2.75) is 33.2 Å². The summed E-state index contributed by atoms with van der Waals surface area (Å²) >= 11 is 3.03. The molecular weight excluding hydrogens is 430 g/mol. The van der Waals surface area contributed by atoms with Gasteiger partial charge in [-0.1, -0.05) is 17.8 Å². The number of fused-ring (bicyclic) bond motifs is 1. The Labute approximate surface area is 189 Å². The molecule has 2 aliphatic rings. The van der Waals surface area contributed by atoms with Crippen LogP contribution in [0.3, 0.4) is 0 Å². The number of thiophene rings is 1. The second-order valence-corrected chi connectivity index (χ2v) is 9.08. The van der Waals surface area contributed by atoms with Crippen molar-refractivity contribution in [3.8, 4) is 0 Å². The molecule has 31 heavy (non-hydrogen) atoms. The van der Waals surface area contributed by atoms with Crippen LogP contribution in [0.2, 0.25) is 0 Å². The lowest BCUT2D eigenvalue weighted by molar-refractivity contribution is -0.136. The van der Waals surface area contributed by atoms with Crippen LogP contribution < -0.4 is 5.32 Å². The lowest BCUT2D eigenvalue weighted by Gasteiger charge is -2.35. The third kappa shape index (κ3) is 4.18. The fourth-order valence-electron chi connectivity index (χ4n) is 3.68. The van der Waals surface area contributed by atoms with E-state index in [2.05, 4.69) is 10.3 Å². The zero-order valence-corrected chi connectivity index (χ0v) is 19.4. The molecule has 1 aromatic carbocycles. The van der Waals surface area contributed by atoms with Crippen molar-refractivity contribution in [2.24, 2.45) is 4.99 Å². The average molecular weight is 454 g/mol. The van der Waals surface area contributed by atoms with E-state index in [9.17, 15) is 9.59 Å². The third-order valence-electron chi connectivity index (χ3n) is 5.40. The maximum absolute atomic E-state index is 12.8. The molecule has 0 saturated carbocycles. The van der Waals surface area contributed by atoms with Crippen molar-refractivity contribution >= 4 is 45.8 Å². The SMILES string of the molecule is COC(=O)C1=C(C)N=C2SC=C(CC(=O)Nc3ccc(C)c(C)c3)N2[C@H]1c1ccsc1. The molecule has 2 aromatic rings. The monoisotopic (exact) mass is 453 g/mol. The van der Waals surface area contributed by atoms with E-state index in [-0.39, 0.29) is 18.4 Å². The highest BCUT2D eigenvalue weighted by atomic mass is 32.2. The summed E-state index contributed by atoms with van der Waals surface area (Å²) in [7, 11) is 1.37. The molecule has 3 heterocycles. The molecule has 0 radical (unpaired) electrons. The van der Waals surface area contributed by atoms with Gasteiger partial charge in [-0.3, -0.25) is 4.79 Å². The van der Waals surface area contributed by atoms with Gasteiger partial charge in [0.1, 0.15) is 0 Å². The van der Waals surface area contributed by atoms with Crippen LogP contribution in [0, 0.1) is 13.8 Å². The van der Waals surface area contributed by atoms with E-state index in [4.69, 9.17) is 4.74 Å². The Morgan fingerprint density at radius 1 is 1.19 bits per heavy atom. The largest absolute Gasteiger partial charge is 0.466 e. The normalized spacial score (nSPS) is 17.8. The highest BCUT2D eigenvalue weighted by Gasteiger charge is 2.41. The molecule has 1 N–H and O–H groups in total. The number of anilines is 1. The fraction of sp³-hybridized carbons (Fsp3) is 0.261. The van der Waals surface area contributed by atoms with Gasteiger partial charge in [-0.25, -0.2) is 9.79 Å². The predicted molar refractivity (Wildman–Crippen MR) is 126 cm³/mol. The number of thioether (sulfide) groups is 1. The molecular formula is C23H23N3O3S2. The maximum atomic E-state index is 12.8. The molecule has 0 fully saturated rings. The van der Waals surface area contributed by atoms with Gasteiger partial charge < -0.3 is 15.0 Å². The van der Waals surface area contributed by atoms with Crippen molar-refractivity contribution in [1.82, 2.24) is 4.90 Å². The van der Waals surface area contributed by atoms with Crippen LogP contribution in [-0.2, 0) is 14.3 Å². The van der Waals surface area contributed by atoms with E-state index in [0.29, 0.717) is 11.3 Å². The number of allylic oxidation sites excluding steroid dienone is 1. The number of carbonyl (C=O) groups excluding carboxylic acids is 2. The summed E-state index contributed by atoms with van der Waals surface area (Å²) in [6.07, 6.45) is 0.174. The van der Waals surface area contributed by atoms with Crippen molar-refractivity contribution < 1.29 is 14.3 Å². The highest BCUT2D eigenvalue weighted by molar-refractivity contribution is 8.16. The number of esters is 1. The Morgan fingerprint density at radius 3 is 2.68 bits per heavy atom. The van der Waals surface area contributed by atoms with Gasteiger partial charge >= 0.3 is 5.97 Å². The Hall–Kier alpha value is -2.84. The van der Waals surface area contributed by atoms with E-state index in [1.807, 2.05) is 66.1 Å². The number of hydrogen-bond donors (Lipinski definition) is 1. The fourth-order valence-corrected chi connectivity index (χ4v) is 5.32. The van der Waals surface area contributed by atoms with Gasteiger partial charge in [-0.2, -0.15) is 11.3 Å². The van der Waals surface area contributed by atoms with E-state index in [0.717, 1.165) is 27.7 Å². The lowest BCUT2D eigenvalue weighted by Crippen LogP contribution is -2.37. The van der Waals surface area contributed by atoms with Crippen LogP contribution in [0.4, 0.5) is 5.69 Å². The second kappa shape index (κ2) is 8.72. The summed E-state index contributed by atoms with van der Waals surface area (Å²) < 4.78 is 5.06. The first-order valence-corrected chi connectivity index (χ1v) is 11.6. The number of ether oxygens (including phenoxy) is 1. The molecule has 1 atom stereocenters. The Balaban J connectivity index is 1.61. The number of amidine groups is 1. The lowest BCUT2D eigenvalue weighted by atomic mass is 9.96. The van der Waals surface area contributed by atoms with E-state index in [1.165, 1.54) is 24.4 Å². The van der Waals surface area contributed by atoms with Crippen molar-refractivity contribution in [1.29, 1.82) is 0 Å². The maximum Gasteiger partial charge on any atom is 0.338 e. The Kier molecular flexibility index (Phi) is 6.02. The summed E-state index contributed by atoms with van der Waals surface area (Å²) in [6.45, 7) is 5.88. The number of benzene rings is 1. The zero-order chi connectivity index (χ0) is 22.1. The number of aliphatic imine (C=N–C) groups is 1. The third-order valence-corrected chi connectivity index (χ3v) is 6.99. The van der Waals surface area contributed by atoms with Gasteiger partial charge in [-0.05, 0) is 71.8 Å². The molecule has 0 saturated heterocycles. The van der Waals surface area contributed by atoms with E-state index < -0.39 is 5.97 Å². The molecule has 0 bridgehead atoms. The van der Waals surface area contributed by atoms with Gasteiger partial charge in [-0.15, -0.1) is 0 Å². The number of hydrogen-bond acceptors (Lipinski definition) is 7. The summed E-state index contributed by atoms with van der Waals surface area (Å²) in [6, 6.07) is 7.48. The minimum absolute atomic E-state index is 0.119. The Morgan fingerprint density at radius 2 is 2.00 bits per heavy atom. The number of nitrogens with zero attached hydrogens (tertiary/aromatic N) is 2. The molecule has 1 amide bonds. The first-order valence-electron chi connectivity index (χ1n) is 9.81. The summed E-state index contributed by atoms with van der Waals surface area (Å²) in [5.41, 5.74) is 5.98. The molecule has 0 aliphatic carbocycles.